The lowest BCUT2D eigenvalue weighted by molar-refractivity contribution is 0.379. The Balaban J connectivity index is 2.50. The van der Waals surface area contributed by atoms with Crippen LogP contribution in [0.2, 0.25) is 5.02 Å². The second-order valence-corrected chi connectivity index (χ2v) is 4.74. The molecule has 0 aliphatic heterocycles. The lowest BCUT2D eigenvalue weighted by Gasteiger charge is -2.09. The van der Waals surface area contributed by atoms with Crippen LogP contribution in [0.4, 0.5) is 0 Å². The van der Waals surface area contributed by atoms with Crippen molar-refractivity contribution < 1.29 is 4.74 Å². The molecule has 0 saturated heterocycles. The topological polar surface area (TPSA) is 53.1 Å². The van der Waals surface area contributed by atoms with Crippen LogP contribution in [-0.4, -0.2) is 23.4 Å². The molecule has 0 unspecified atom stereocenters. The highest BCUT2D eigenvalue weighted by atomic mass is 35.5. The van der Waals surface area contributed by atoms with Crippen LogP contribution in [0.3, 0.4) is 0 Å². The molecule has 2 N–H and O–H groups in total. The molecule has 0 spiro atoms. The van der Waals surface area contributed by atoms with Crippen molar-refractivity contribution in [2.24, 2.45) is 5.73 Å². The molecule has 1 aromatic carbocycles. The predicted octanol–water partition coefficient (Wildman–Crippen LogP) is 2.73. The summed E-state index contributed by atoms with van der Waals surface area (Å²) in [4.78, 5) is 0. The molecule has 0 amide bonds. The summed E-state index contributed by atoms with van der Waals surface area (Å²) in [6.07, 6.45) is 1.77. The Morgan fingerprint density at radius 3 is 2.74 bits per heavy atom. The second kappa shape index (κ2) is 6.08. The van der Waals surface area contributed by atoms with Crippen molar-refractivity contribution in [1.82, 2.24) is 9.78 Å². The molecule has 0 bridgehead atoms. The molecule has 0 fully saturated rings. The normalized spacial score (nSPS) is 10.7. The van der Waals surface area contributed by atoms with Gasteiger partial charge in [0.25, 0.3) is 0 Å². The molecule has 0 aliphatic rings. The van der Waals surface area contributed by atoms with E-state index in [4.69, 9.17) is 22.1 Å². The van der Waals surface area contributed by atoms with E-state index < -0.39 is 0 Å². The van der Waals surface area contributed by atoms with Crippen molar-refractivity contribution in [3.8, 4) is 11.6 Å². The summed E-state index contributed by atoms with van der Waals surface area (Å²) < 4.78 is 7.26. The SMILES string of the molecule is COc1c(CCCN)c(C)nn1-c1ccccc1Cl. The van der Waals surface area contributed by atoms with Gasteiger partial charge in [0, 0.05) is 5.56 Å². The Labute approximate surface area is 118 Å². The summed E-state index contributed by atoms with van der Waals surface area (Å²) in [6.45, 7) is 2.63. The average Bonchev–Trinajstić information content (AvgIpc) is 2.73. The summed E-state index contributed by atoms with van der Waals surface area (Å²) in [5, 5.41) is 5.18. The average molecular weight is 280 g/mol. The van der Waals surface area contributed by atoms with E-state index in [-0.39, 0.29) is 0 Å². The van der Waals surface area contributed by atoms with Gasteiger partial charge < -0.3 is 10.5 Å². The molecular weight excluding hydrogens is 262 g/mol. The fourth-order valence-corrected chi connectivity index (χ4v) is 2.32. The molecular formula is C14H18ClN3O. The maximum Gasteiger partial charge on any atom is 0.219 e. The highest BCUT2D eigenvalue weighted by Gasteiger charge is 2.17. The Kier molecular flexibility index (Phi) is 4.45. The first-order valence-electron chi connectivity index (χ1n) is 6.26. The van der Waals surface area contributed by atoms with Crippen molar-refractivity contribution in [2.45, 2.75) is 19.8 Å². The number of rotatable bonds is 5. The number of para-hydroxylation sites is 1. The van der Waals surface area contributed by atoms with Crippen molar-refractivity contribution >= 4 is 11.6 Å². The van der Waals surface area contributed by atoms with Crippen LogP contribution in [0.5, 0.6) is 5.88 Å². The third-order valence-electron chi connectivity index (χ3n) is 3.04. The Bertz CT molecular complexity index is 566. The number of aromatic nitrogens is 2. The van der Waals surface area contributed by atoms with E-state index in [1.54, 1.807) is 11.8 Å². The summed E-state index contributed by atoms with van der Waals surface area (Å²) in [7, 11) is 1.65. The molecule has 5 heteroatoms. The maximum atomic E-state index is 6.22. The minimum absolute atomic E-state index is 0.647. The molecule has 0 atom stereocenters. The van der Waals surface area contributed by atoms with Gasteiger partial charge in [0.05, 0.1) is 23.5 Å². The summed E-state index contributed by atoms with van der Waals surface area (Å²) in [5.74, 6) is 0.735. The number of hydrogen-bond donors (Lipinski definition) is 1. The zero-order valence-corrected chi connectivity index (χ0v) is 11.9. The third kappa shape index (κ3) is 2.74. The minimum Gasteiger partial charge on any atom is -0.481 e. The number of nitrogens with two attached hydrogens (primary N) is 1. The highest BCUT2D eigenvalue weighted by molar-refractivity contribution is 6.32. The zero-order chi connectivity index (χ0) is 13.8. The third-order valence-corrected chi connectivity index (χ3v) is 3.36. The van der Waals surface area contributed by atoms with Gasteiger partial charge in [-0.25, -0.2) is 0 Å². The quantitative estimate of drug-likeness (QED) is 0.916. The molecule has 2 aromatic rings. The molecule has 1 aromatic heterocycles. The smallest absolute Gasteiger partial charge is 0.219 e. The Morgan fingerprint density at radius 1 is 1.37 bits per heavy atom. The van der Waals surface area contributed by atoms with Gasteiger partial charge in [-0.2, -0.15) is 9.78 Å². The van der Waals surface area contributed by atoms with Crippen LogP contribution in [0.15, 0.2) is 24.3 Å². The Morgan fingerprint density at radius 2 is 2.11 bits per heavy atom. The van der Waals surface area contributed by atoms with Gasteiger partial charge in [-0.15, -0.1) is 0 Å². The minimum atomic E-state index is 0.647. The first-order valence-corrected chi connectivity index (χ1v) is 6.64. The number of halogens is 1. The molecule has 0 saturated carbocycles. The van der Waals surface area contributed by atoms with Gasteiger partial charge in [-0.1, -0.05) is 23.7 Å². The molecule has 0 radical (unpaired) electrons. The largest absolute Gasteiger partial charge is 0.481 e. The fraction of sp³-hybridized carbons (Fsp3) is 0.357. The lowest BCUT2D eigenvalue weighted by atomic mass is 10.1. The standard InChI is InChI=1S/C14H18ClN3O/c1-10-11(6-5-9-16)14(19-2)18(17-10)13-8-4-3-7-12(13)15/h3-4,7-8H,5-6,9,16H2,1-2H3. The van der Waals surface area contributed by atoms with Crippen LogP contribution in [0.1, 0.15) is 17.7 Å². The maximum absolute atomic E-state index is 6.22. The van der Waals surface area contributed by atoms with E-state index in [1.165, 1.54) is 0 Å². The fourth-order valence-electron chi connectivity index (χ4n) is 2.10. The predicted molar refractivity (Wildman–Crippen MR) is 77.2 cm³/mol. The second-order valence-electron chi connectivity index (χ2n) is 4.33. The van der Waals surface area contributed by atoms with Crippen molar-refractivity contribution in [3.63, 3.8) is 0 Å². The number of methoxy groups -OCH3 is 1. The number of hydrogen-bond acceptors (Lipinski definition) is 3. The van der Waals surface area contributed by atoms with E-state index in [9.17, 15) is 0 Å². The zero-order valence-electron chi connectivity index (χ0n) is 11.2. The van der Waals surface area contributed by atoms with Crippen LogP contribution in [-0.2, 0) is 6.42 Å². The highest BCUT2D eigenvalue weighted by Crippen LogP contribution is 2.29. The Hall–Kier alpha value is -1.52. The van der Waals surface area contributed by atoms with Crippen molar-refractivity contribution in [2.75, 3.05) is 13.7 Å². The molecule has 19 heavy (non-hydrogen) atoms. The molecule has 0 aliphatic carbocycles. The van der Waals surface area contributed by atoms with Gasteiger partial charge in [-0.05, 0) is 38.4 Å². The molecule has 102 valence electrons. The van der Waals surface area contributed by atoms with Crippen LogP contribution in [0, 0.1) is 6.92 Å². The van der Waals surface area contributed by atoms with Crippen LogP contribution >= 0.6 is 11.6 Å². The number of benzene rings is 1. The first-order chi connectivity index (χ1) is 9.19. The number of aryl methyl sites for hydroxylation is 1. The van der Waals surface area contributed by atoms with Crippen molar-refractivity contribution in [3.05, 3.63) is 40.5 Å². The first kappa shape index (κ1) is 13.9. The summed E-state index contributed by atoms with van der Waals surface area (Å²) in [5.41, 5.74) is 8.43. The van der Waals surface area contributed by atoms with Crippen LogP contribution < -0.4 is 10.5 Å². The van der Waals surface area contributed by atoms with Crippen LogP contribution in [0.25, 0.3) is 5.69 Å². The van der Waals surface area contributed by atoms with E-state index in [1.807, 2.05) is 31.2 Å². The van der Waals surface area contributed by atoms with E-state index in [0.717, 1.165) is 35.7 Å². The van der Waals surface area contributed by atoms with E-state index >= 15 is 0 Å². The monoisotopic (exact) mass is 279 g/mol. The van der Waals surface area contributed by atoms with Gasteiger partial charge in [0.1, 0.15) is 0 Å². The lowest BCUT2D eigenvalue weighted by Crippen LogP contribution is -2.03. The van der Waals surface area contributed by atoms with E-state index in [2.05, 4.69) is 5.10 Å². The molecule has 4 nitrogen and oxygen atoms in total. The number of ether oxygens (including phenoxy) is 1. The van der Waals surface area contributed by atoms with Gasteiger partial charge in [0.15, 0.2) is 0 Å². The molecule has 2 rings (SSSR count). The number of nitrogens with zero attached hydrogens (tertiary/aromatic N) is 2. The van der Waals surface area contributed by atoms with Crippen molar-refractivity contribution in [1.29, 1.82) is 0 Å². The molecule has 1 heterocycles. The van der Waals surface area contributed by atoms with Gasteiger partial charge in [0.2, 0.25) is 5.88 Å². The van der Waals surface area contributed by atoms with E-state index in [0.29, 0.717) is 11.6 Å². The summed E-state index contributed by atoms with van der Waals surface area (Å²) in [6, 6.07) is 7.58. The van der Waals surface area contributed by atoms with Gasteiger partial charge >= 0.3 is 0 Å². The summed E-state index contributed by atoms with van der Waals surface area (Å²) >= 11 is 6.22. The van der Waals surface area contributed by atoms with Gasteiger partial charge in [-0.3, -0.25) is 0 Å².